The third-order valence-corrected chi connectivity index (χ3v) is 4.17. The van der Waals surface area contributed by atoms with Gasteiger partial charge in [0.05, 0.1) is 0 Å². The quantitative estimate of drug-likeness (QED) is 0.455. The van der Waals surface area contributed by atoms with Gasteiger partial charge in [-0.25, -0.2) is 0 Å². The Morgan fingerprint density at radius 2 is 1.64 bits per heavy atom. The van der Waals surface area contributed by atoms with Gasteiger partial charge in [-0.15, -0.1) is 0 Å². The van der Waals surface area contributed by atoms with Crippen molar-refractivity contribution in [1.82, 2.24) is 0 Å². The molecular formula is C6H11O6SbZn. The molecule has 0 atom stereocenters. The first kappa shape index (κ1) is 17.2. The Balaban J connectivity index is 0. The van der Waals surface area contributed by atoms with Gasteiger partial charge < -0.3 is 0 Å². The molecule has 0 N–H and O–H groups in total. The SMILES string of the molecule is CC(=O)[O][Sb]([O]CC[O-])[O]CC[O-].[Zn+2]. The van der Waals surface area contributed by atoms with Gasteiger partial charge in [-0.05, 0) is 0 Å². The van der Waals surface area contributed by atoms with Gasteiger partial charge in [-0.1, -0.05) is 0 Å². The van der Waals surface area contributed by atoms with Crippen LogP contribution in [0.2, 0.25) is 0 Å². The summed E-state index contributed by atoms with van der Waals surface area (Å²) in [6.07, 6.45) is 0. The molecule has 78 valence electrons. The molecule has 0 aromatic carbocycles. The first-order valence-corrected chi connectivity index (χ1v) is 6.74. The van der Waals surface area contributed by atoms with Gasteiger partial charge in [0.2, 0.25) is 0 Å². The number of hydrogen-bond donors (Lipinski definition) is 0. The van der Waals surface area contributed by atoms with Crippen molar-refractivity contribution in [3.8, 4) is 0 Å². The van der Waals surface area contributed by atoms with E-state index >= 15 is 0 Å². The number of carbonyl (C=O) groups is 1. The smallest absolute Gasteiger partial charge is 2.00 e. The summed E-state index contributed by atoms with van der Waals surface area (Å²) in [5.41, 5.74) is 0. The van der Waals surface area contributed by atoms with Crippen molar-refractivity contribution in [2.75, 3.05) is 26.4 Å². The molecule has 0 spiro atoms. The van der Waals surface area contributed by atoms with Crippen molar-refractivity contribution in [3.63, 3.8) is 0 Å². The predicted octanol–water partition coefficient (Wildman–Crippen LogP) is -2.71. The zero-order chi connectivity index (χ0) is 10.1. The molecular weight excluding hydrogens is 355 g/mol. The summed E-state index contributed by atoms with van der Waals surface area (Å²) in [4.78, 5) is 10.5. The molecule has 14 heavy (non-hydrogen) atoms. The molecule has 0 aliphatic heterocycles. The molecule has 0 unspecified atom stereocenters. The Kier molecular flexibility index (Phi) is 14.5. The van der Waals surface area contributed by atoms with Gasteiger partial charge in [-0.3, -0.25) is 0 Å². The molecule has 6 nitrogen and oxygen atoms in total. The van der Waals surface area contributed by atoms with Crippen LogP contribution in [0.1, 0.15) is 6.92 Å². The van der Waals surface area contributed by atoms with Crippen molar-refractivity contribution in [3.05, 3.63) is 0 Å². The maximum atomic E-state index is 10.5. The minimum Gasteiger partial charge on any atom is 2.00 e. The van der Waals surface area contributed by atoms with Crippen LogP contribution >= 0.6 is 0 Å². The first-order chi connectivity index (χ1) is 6.20. The second kappa shape index (κ2) is 11.8. The van der Waals surface area contributed by atoms with Crippen LogP contribution in [0.3, 0.4) is 0 Å². The van der Waals surface area contributed by atoms with E-state index in [-0.39, 0.29) is 32.7 Å². The summed E-state index contributed by atoms with van der Waals surface area (Å²) in [5.74, 6) is -0.514. The molecule has 0 aromatic heterocycles. The van der Waals surface area contributed by atoms with Gasteiger partial charge >= 0.3 is 104 Å². The molecule has 0 amide bonds. The largest absolute Gasteiger partial charge is 2.00 e. The Hall–Kier alpha value is 0.752. The van der Waals surface area contributed by atoms with Crippen LogP contribution in [0.5, 0.6) is 0 Å². The van der Waals surface area contributed by atoms with Crippen LogP contribution in [-0.2, 0) is 33.3 Å². The van der Waals surface area contributed by atoms with Gasteiger partial charge in [-0.2, -0.15) is 0 Å². The van der Waals surface area contributed by atoms with E-state index < -0.39 is 40.7 Å². The Labute approximate surface area is 104 Å². The number of hydrogen-bond acceptors (Lipinski definition) is 6. The number of carbonyl (C=O) groups excluding carboxylic acids is 1. The van der Waals surface area contributed by atoms with Crippen molar-refractivity contribution in [2.24, 2.45) is 0 Å². The minimum absolute atomic E-state index is 0. The third kappa shape index (κ3) is 10.8. The van der Waals surface area contributed by atoms with Gasteiger partial charge in [0.1, 0.15) is 0 Å². The maximum absolute atomic E-state index is 10.5. The second-order valence-electron chi connectivity index (χ2n) is 1.88. The Morgan fingerprint density at radius 1 is 1.21 bits per heavy atom. The van der Waals surface area contributed by atoms with Crippen LogP contribution in [0.15, 0.2) is 0 Å². The van der Waals surface area contributed by atoms with Gasteiger partial charge in [0.25, 0.3) is 0 Å². The average molecular weight is 366 g/mol. The van der Waals surface area contributed by atoms with E-state index in [1.807, 2.05) is 0 Å². The second-order valence-corrected chi connectivity index (χ2v) is 5.15. The molecule has 0 aliphatic carbocycles. The molecule has 0 saturated carbocycles. The van der Waals surface area contributed by atoms with Gasteiger partial charge in [0.15, 0.2) is 0 Å². The molecule has 0 saturated heterocycles. The molecule has 0 fully saturated rings. The van der Waals surface area contributed by atoms with Crippen molar-refractivity contribution >= 4 is 27.4 Å². The fourth-order valence-electron chi connectivity index (χ4n) is 0.419. The summed E-state index contributed by atoms with van der Waals surface area (Å²) in [6, 6.07) is 0. The summed E-state index contributed by atoms with van der Waals surface area (Å²) in [6.45, 7) is 0.299. The van der Waals surface area contributed by atoms with Crippen LogP contribution < -0.4 is 10.2 Å². The zero-order valence-corrected chi connectivity index (χ0v) is 13.5. The van der Waals surface area contributed by atoms with Gasteiger partial charge in [0, 0.05) is 0 Å². The van der Waals surface area contributed by atoms with Crippen LogP contribution in [-0.4, -0.2) is 53.9 Å². The van der Waals surface area contributed by atoms with Crippen molar-refractivity contribution in [1.29, 1.82) is 0 Å². The van der Waals surface area contributed by atoms with Crippen molar-refractivity contribution in [2.45, 2.75) is 6.92 Å². The summed E-state index contributed by atoms with van der Waals surface area (Å²) in [7, 11) is 0. The summed E-state index contributed by atoms with van der Waals surface area (Å²) < 4.78 is 14.4. The zero-order valence-electron chi connectivity index (χ0n) is 7.93. The van der Waals surface area contributed by atoms with E-state index in [9.17, 15) is 15.0 Å². The third-order valence-electron chi connectivity index (χ3n) is 0.763. The van der Waals surface area contributed by atoms with Crippen LogP contribution in [0.25, 0.3) is 0 Å². The fourth-order valence-corrected chi connectivity index (χ4v) is 2.81. The molecule has 8 heteroatoms. The average Bonchev–Trinajstić information content (AvgIpc) is 2.09. The molecule has 0 bridgehead atoms. The molecule has 0 radical (unpaired) electrons. The normalized spacial score (nSPS) is 9.71. The molecule has 0 aromatic rings. The van der Waals surface area contributed by atoms with Crippen molar-refractivity contribution < 1.29 is 43.5 Å². The minimum atomic E-state index is -3.01. The maximum Gasteiger partial charge on any atom is 2.00 e. The first-order valence-electron chi connectivity index (χ1n) is 3.61. The van der Waals surface area contributed by atoms with E-state index in [1.54, 1.807) is 0 Å². The van der Waals surface area contributed by atoms with E-state index in [1.165, 1.54) is 6.92 Å². The topological polar surface area (TPSA) is 90.9 Å². The molecule has 0 heterocycles. The Morgan fingerprint density at radius 3 is 1.93 bits per heavy atom. The van der Waals surface area contributed by atoms with Crippen LogP contribution in [0, 0.1) is 0 Å². The molecule has 0 rings (SSSR count). The monoisotopic (exact) mass is 364 g/mol. The summed E-state index contributed by atoms with van der Waals surface area (Å²) >= 11 is -3.01. The van der Waals surface area contributed by atoms with E-state index in [0.29, 0.717) is 0 Å². The molecule has 0 aliphatic rings. The van der Waals surface area contributed by atoms with Crippen LogP contribution in [0.4, 0.5) is 0 Å². The summed E-state index contributed by atoms with van der Waals surface area (Å²) in [5, 5.41) is 20.1. The fraction of sp³-hybridized carbons (Fsp3) is 0.833. The number of rotatable bonds is 7. The standard InChI is InChI=1S/3C2H4O2.Sb.Zn/c1-2(3)4;2*3-1-2-4;;/h1H3,(H,3,4);2*1-2H2;;/q;2*-2;+3;+2/p-1. The Bertz CT molecular complexity index is 138. The van der Waals surface area contributed by atoms with E-state index in [0.717, 1.165) is 0 Å². The van der Waals surface area contributed by atoms with E-state index in [2.05, 4.69) is 3.02 Å². The van der Waals surface area contributed by atoms with E-state index in [4.69, 9.17) is 6.03 Å². The predicted molar refractivity (Wildman–Crippen MR) is 39.2 cm³/mol.